The fourth-order valence-corrected chi connectivity index (χ4v) is 7.17. The molecule has 4 aromatic rings. The number of rotatable bonds is 6. The molecule has 8 rings (SSSR count). The van der Waals surface area contributed by atoms with Gasteiger partial charge in [0.05, 0.1) is 36.5 Å². The number of carbonyl (C=O) groups is 3. The standard InChI is InChI=1S/C35H29N3O4/c1-21-11-15-23(16-12-21)38-33(40)31-30-25-7-3-5-9-27(25)35(32(31)34(38)41,28-10-6-4-8-26(28)30)20-36-37-29(39)19-22-13-17-24(42-2)18-14-22/h3-18,20,30-32H,19H2,1-2H3,(H,37,39)/b36-20-/t30?,31-,32+,35?/m0/s1. The van der Waals surface area contributed by atoms with Gasteiger partial charge in [0, 0.05) is 12.1 Å². The van der Waals surface area contributed by atoms with E-state index in [1.54, 1.807) is 13.3 Å². The van der Waals surface area contributed by atoms with Crippen molar-refractivity contribution in [1.82, 2.24) is 5.43 Å². The van der Waals surface area contributed by atoms with E-state index >= 15 is 0 Å². The summed E-state index contributed by atoms with van der Waals surface area (Å²) >= 11 is 0. The molecule has 2 bridgehead atoms. The Balaban J connectivity index is 1.32. The summed E-state index contributed by atoms with van der Waals surface area (Å²) in [6, 6.07) is 30.7. The van der Waals surface area contributed by atoms with Gasteiger partial charge in [-0.2, -0.15) is 5.10 Å². The summed E-state index contributed by atoms with van der Waals surface area (Å²) in [6.07, 6.45) is 1.82. The highest BCUT2D eigenvalue weighted by atomic mass is 16.5. The lowest BCUT2D eigenvalue weighted by Crippen LogP contribution is -2.54. The molecule has 0 saturated carbocycles. The topological polar surface area (TPSA) is 88.1 Å². The number of ether oxygens (including phenoxy) is 1. The zero-order valence-electron chi connectivity index (χ0n) is 23.3. The molecule has 1 aliphatic heterocycles. The molecular formula is C35H29N3O4. The Bertz CT molecular complexity index is 1710. The highest BCUT2D eigenvalue weighted by Crippen LogP contribution is 2.63. The van der Waals surface area contributed by atoms with Crippen LogP contribution in [-0.2, 0) is 26.2 Å². The molecular weight excluding hydrogens is 526 g/mol. The van der Waals surface area contributed by atoms with Gasteiger partial charge in [0.25, 0.3) is 0 Å². The number of aryl methyl sites for hydroxylation is 1. The second-order valence-corrected chi connectivity index (χ2v) is 11.2. The van der Waals surface area contributed by atoms with Crippen molar-refractivity contribution >= 4 is 29.6 Å². The molecule has 1 N–H and O–H groups in total. The number of hydrogen-bond acceptors (Lipinski definition) is 5. The Hall–Kier alpha value is -5.04. The predicted octanol–water partition coefficient (Wildman–Crippen LogP) is 4.90. The largest absolute Gasteiger partial charge is 0.497 e. The molecule has 208 valence electrons. The average Bonchev–Trinajstić information content (AvgIpc) is 3.28. The first-order valence-corrected chi connectivity index (χ1v) is 14.0. The van der Waals surface area contributed by atoms with Crippen molar-refractivity contribution in [1.29, 1.82) is 0 Å². The highest BCUT2D eigenvalue weighted by molar-refractivity contribution is 6.25. The van der Waals surface area contributed by atoms with Crippen LogP contribution in [0.15, 0.2) is 102 Å². The van der Waals surface area contributed by atoms with E-state index in [-0.39, 0.29) is 30.1 Å². The molecule has 0 spiro atoms. The van der Waals surface area contributed by atoms with Gasteiger partial charge in [-0.05, 0) is 59.0 Å². The maximum atomic E-state index is 14.4. The number of amides is 3. The van der Waals surface area contributed by atoms with E-state index in [4.69, 9.17) is 4.74 Å². The molecule has 4 aromatic carbocycles. The molecule has 0 radical (unpaired) electrons. The zero-order chi connectivity index (χ0) is 29.0. The van der Waals surface area contributed by atoms with Crippen LogP contribution in [-0.4, -0.2) is 31.0 Å². The first kappa shape index (κ1) is 25.9. The lowest BCUT2D eigenvalue weighted by Gasteiger charge is -2.52. The summed E-state index contributed by atoms with van der Waals surface area (Å²) in [7, 11) is 1.60. The maximum Gasteiger partial charge on any atom is 0.244 e. The summed E-state index contributed by atoms with van der Waals surface area (Å²) in [4.78, 5) is 42.9. The Morgan fingerprint density at radius 1 is 0.881 bits per heavy atom. The molecule has 3 amide bonds. The third kappa shape index (κ3) is 3.73. The number of benzene rings is 4. The fraction of sp³-hybridized carbons (Fsp3) is 0.200. The van der Waals surface area contributed by atoms with Crippen LogP contribution in [0.2, 0.25) is 0 Å². The second-order valence-electron chi connectivity index (χ2n) is 11.2. The SMILES string of the molecule is COc1ccc(CC(=O)N/N=C\C23c4ccccc4C(c4ccccc42)[C@@H]2C(=O)N(c4ccc(C)cc4)C(=O)[C@@H]23)cc1. The number of nitrogens with one attached hydrogen (secondary N) is 1. The summed E-state index contributed by atoms with van der Waals surface area (Å²) in [5.41, 5.74) is 7.99. The maximum absolute atomic E-state index is 14.4. The minimum Gasteiger partial charge on any atom is -0.497 e. The van der Waals surface area contributed by atoms with Crippen molar-refractivity contribution in [2.75, 3.05) is 12.0 Å². The number of hydrazone groups is 1. The van der Waals surface area contributed by atoms with E-state index in [9.17, 15) is 14.4 Å². The van der Waals surface area contributed by atoms with Crippen molar-refractivity contribution in [3.8, 4) is 5.75 Å². The molecule has 0 aromatic heterocycles. The molecule has 42 heavy (non-hydrogen) atoms. The van der Waals surface area contributed by atoms with Crippen molar-refractivity contribution in [3.05, 3.63) is 130 Å². The van der Waals surface area contributed by atoms with E-state index in [2.05, 4.69) is 10.5 Å². The molecule has 7 heteroatoms. The van der Waals surface area contributed by atoms with E-state index < -0.39 is 17.3 Å². The Morgan fingerprint density at radius 2 is 1.50 bits per heavy atom. The minimum absolute atomic E-state index is 0.133. The van der Waals surface area contributed by atoms with Crippen LogP contribution in [0.5, 0.6) is 5.75 Å². The predicted molar refractivity (Wildman–Crippen MR) is 159 cm³/mol. The number of methoxy groups -OCH3 is 1. The number of anilines is 1. The van der Waals surface area contributed by atoms with E-state index in [1.165, 1.54) is 4.90 Å². The number of hydrogen-bond donors (Lipinski definition) is 1. The number of nitrogens with zero attached hydrogens (tertiary/aromatic N) is 2. The Kier molecular flexibility index (Phi) is 6.04. The molecule has 1 fully saturated rings. The number of imide groups is 1. The molecule has 3 aliphatic carbocycles. The zero-order valence-corrected chi connectivity index (χ0v) is 23.3. The van der Waals surface area contributed by atoms with Gasteiger partial charge in [-0.15, -0.1) is 0 Å². The van der Waals surface area contributed by atoms with Crippen molar-refractivity contribution in [2.24, 2.45) is 16.9 Å². The van der Waals surface area contributed by atoms with E-state index in [1.807, 2.05) is 104 Å². The van der Waals surface area contributed by atoms with E-state index in [0.717, 1.165) is 33.4 Å². The van der Waals surface area contributed by atoms with Crippen LogP contribution < -0.4 is 15.1 Å². The molecule has 4 aliphatic rings. The molecule has 0 unspecified atom stereocenters. The minimum atomic E-state index is -1.04. The van der Waals surface area contributed by atoms with Gasteiger partial charge in [0.15, 0.2) is 0 Å². The van der Waals surface area contributed by atoms with Gasteiger partial charge in [-0.1, -0.05) is 78.4 Å². The summed E-state index contributed by atoms with van der Waals surface area (Å²) in [5, 5.41) is 4.49. The quantitative estimate of drug-likeness (QED) is 0.208. The van der Waals surface area contributed by atoms with Gasteiger partial charge >= 0.3 is 0 Å². The average molecular weight is 556 g/mol. The van der Waals surface area contributed by atoms with Gasteiger partial charge in [-0.25, -0.2) is 10.3 Å². The molecule has 1 heterocycles. The lowest BCUT2D eigenvalue weighted by atomic mass is 9.47. The normalized spacial score (nSPS) is 23.5. The molecule has 2 atom stereocenters. The smallest absolute Gasteiger partial charge is 0.244 e. The Morgan fingerprint density at radius 3 is 2.12 bits per heavy atom. The van der Waals surface area contributed by atoms with Gasteiger partial charge in [0.1, 0.15) is 5.75 Å². The van der Waals surface area contributed by atoms with E-state index in [0.29, 0.717) is 11.4 Å². The Labute approximate surface area is 243 Å². The van der Waals surface area contributed by atoms with Crippen LogP contribution in [0.4, 0.5) is 5.69 Å². The third-order valence-corrected chi connectivity index (χ3v) is 8.96. The molecule has 7 nitrogen and oxygen atoms in total. The summed E-state index contributed by atoms with van der Waals surface area (Å²) < 4.78 is 5.20. The van der Waals surface area contributed by atoms with Crippen LogP contribution in [0.3, 0.4) is 0 Å². The van der Waals surface area contributed by atoms with Crippen molar-refractivity contribution in [2.45, 2.75) is 24.7 Å². The van der Waals surface area contributed by atoms with Gasteiger partial charge in [0.2, 0.25) is 17.7 Å². The van der Waals surface area contributed by atoms with Crippen molar-refractivity contribution < 1.29 is 19.1 Å². The summed E-state index contributed by atoms with van der Waals surface area (Å²) in [5.74, 6) is -1.58. The highest BCUT2D eigenvalue weighted by Gasteiger charge is 2.68. The van der Waals surface area contributed by atoms with Crippen LogP contribution in [0.25, 0.3) is 0 Å². The summed E-state index contributed by atoms with van der Waals surface area (Å²) in [6.45, 7) is 1.97. The monoisotopic (exact) mass is 555 g/mol. The molecule has 1 saturated heterocycles. The van der Waals surface area contributed by atoms with Crippen LogP contribution >= 0.6 is 0 Å². The third-order valence-electron chi connectivity index (χ3n) is 8.96. The van der Waals surface area contributed by atoms with Gasteiger partial charge < -0.3 is 4.74 Å². The first-order chi connectivity index (χ1) is 20.4. The lowest BCUT2D eigenvalue weighted by molar-refractivity contribution is -0.123. The first-order valence-electron chi connectivity index (χ1n) is 14.0. The van der Waals surface area contributed by atoms with Crippen molar-refractivity contribution in [3.63, 3.8) is 0 Å². The second kappa shape index (κ2) is 9.80. The van der Waals surface area contributed by atoms with Crippen LogP contribution in [0, 0.1) is 18.8 Å². The number of carbonyl (C=O) groups excluding carboxylic acids is 3. The van der Waals surface area contributed by atoms with Crippen LogP contribution in [0.1, 0.15) is 39.3 Å². The van der Waals surface area contributed by atoms with Gasteiger partial charge in [-0.3, -0.25) is 14.4 Å². The fourth-order valence-electron chi connectivity index (χ4n) is 7.17.